The van der Waals surface area contributed by atoms with Crippen LogP contribution in [0.5, 0.6) is 0 Å². The summed E-state index contributed by atoms with van der Waals surface area (Å²) in [7, 11) is 1.78. The van der Waals surface area contributed by atoms with E-state index in [0.717, 1.165) is 4.48 Å². The molecule has 0 saturated heterocycles. The lowest BCUT2D eigenvalue weighted by Gasteiger charge is -2.16. The molecule has 0 aliphatic heterocycles. The van der Waals surface area contributed by atoms with Gasteiger partial charge in [0, 0.05) is 30.5 Å². The van der Waals surface area contributed by atoms with Crippen molar-refractivity contribution in [1.82, 2.24) is 15.3 Å². The summed E-state index contributed by atoms with van der Waals surface area (Å²) in [6, 6.07) is 0. The van der Waals surface area contributed by atoms with E-state index in [1.165, 1.54) is 0 Å². The molecule has 1 amide bonds. The van der Waals surface area contributed by atoms with E-state index in [4.69, 9.17) is 0 Å². The molecule has 0 saturated carbocycles. The third-order valence-electron chi connectivity index (χ3n) is 1.80. The second kappa shape index (κ2) is 6.22. The van der Waals surface area contributed by atoms with E-state index in [2.05, 4.69) is 37.8 Å². The number of hydrogen-bond acceptors (Lipinski definition) is 4. The van der Waals surface area contributed by atoms with Gasteiger partial charge in [0.2, 0.25) is 5.91 Å². The fourth-order valence-electron chi connectivity index (χ4n) is 1.04. The fourth-order valence-corrected chi connectivity index (χ4v) is 1.18. The molecule has 0 unspecified atom stereocenters. The summed E-state index contributed by atoms with van der Waals surface area (Å²) < 4.78 is 0.739. The number of halogens is 1. The SMILES string of the molecule is C=C(Br)CNC(=O)CN(C)c1cnccn1. The summed E-state index contributed by atoms with van der Waals surface area (Å²) in [4.78, 5) is 21.2. The van der Waals surface area contributed by atoms with Crippen LogP contribution in [0.4, 0.5) is 5.82 Å². The first-order valence-electron chi connectivity index (χ1n) is 4.66. The molecule has 1 aromatic rings. The summed E-state index contributed by atoms with van der Waals surface area (Å²) in [6.07, 6.45) is 4.78. The van der Waals surface area contributed by atoms with Crippen molar-refractivity contribution >= 4 is 27.7 Å². The predicted octanol–water partition coefficient (Wildman–Crippen LogP) is 0.938. The van der Waals surface area contributed by atoms with E-state index in [1.54, 1.807) is 30.5 Å². The molecule has 1 aromatic heterocycles. The Morgan fingerprint density at radius 2 is 2.38 bits per heavy atom. The Bertz CT molecular complexity index is 368. The van der Waals surface area contributed by atoms with Crippen molar-refractivity contribution in [2.75, 3.05) is 25.0 Å². The molecule has 1 rings (SSSR count). The second-order valence-electron chi connectivity index (χ2n) is 3.21. The minimum absolute atomic E-state index is 0.0891. The van der Waals surface area contributed by atoms with Crippen LogP contribution in [-0.4, -0.2) is 36.0 Å². The van der Waals surface area contributed by atoms with E-state index < -0.39 is 0 Å². The number of anilines is 1. The van der Waals surface area contributed by atoms with Crippen molar-refractivity contribution in [2.45, 2.75) is 0 Å². The monoisotopic (exact) mass is 284 g/mol. The first-order valence-corrected chi connectivity index (χ1v) is 5.46. The van der Waals surface area contributed by atoms with Gasteiger partial charge in [-0.05, 0) is 0 Å². The number of rotatable bonds is 5. The Balaban J connectivity index is 2.43. The van der Waals surface area contributed by atoms with Crippen LogP contribution in [0.25, 0.3) is 0 Å². The molecular weight excluding hydrogens is 272 g/mol. The summed E-state index contributed by atoms with van der Waals surface area (Å²) in [6.45, 7) is 4.29. The number of aromatic nitrogens is 2. The number of amides is 1. The van der Waals surface area contributed by atoms with Crippen molar-refractivity contribution < 1.29 is 4.79 Å². The number of carbonyl (C=O) groups excluding carboxylic acids is 1. The third kappa shape index (κ3) is 4.39. The van der Waals surface area contributed by atoms with E-state index in [-0.39, 0.29) is 12.5 Å². The first-order chi connectivity index (χ1) is 7.59. The number of nitrogens with zero attached hydrogens (tertiary/aromatic N) is 3. The maximum atomic E-state index is 11.5. The van der Waals surface area contributed by atoms with E-state index in [9.17, 15) is 4.79 Å². The smallest absolute Gasteiger partial charge is 0.239 e. The van der Waals surface area contributed by atoms with Crippen LogP contribution in [-0.2, 0) is 4.79 Å². The van der Waals surface area contributed by atoms with Gasteiger partial charge < -0.3 is 10.2 Å². The molecule has 5 nitrogen and oxygen atoms in total. The van der Waals surface area contributed by atoms with Gasteiger partial charge in [-0.3, -0.25) is 9.78 Å². The van der Waals surface area contributed by atoms with Crippen LogP contribution < -0.4 is 10.2 Å². The molecule has 0 aliphatic carbocycles. The zero-order chi connectivity index (χ0) is 12.0. The number of nitrogens with one attached hydrogen (secondary N) is 1. The molecule has 16 heavy (non-hydrogen) atoms. The van der Waals surface area contributed by atoms with Gasteiger partial charge in [0.05, 0.1) is 12.7 Å². The molecule has 0 spiro atoms. The van der Waals surface area contributed by atoms with Gasteiger partial charge in [-0.15, -0.1) is 0 Å². The predicted molar refractivity (Wildman–Crippen MR) is 66.4 cm³/mol. The van der Waals surface area contributed by atoms with Gasteiger partial charge in [0.25, 0.3) is 0 Å². The highest BCUT2D eigenvalue weighted by molar-refractivity contribution is 9.11. The van der Waals surface area contributed by atoms with Gasteiger partial charge in [-0.25, -0.2) is 4.98 Å². The Morgan fingerprint density at radius 1 is 1.62 bits per heavy atom. The minimum atomic E-state index is -0.0891. The molecular formula is C10H13BrN4O. The molecule has 0 atom stereocenters. The van der Waals surface area contributed by atoms with Crippen LogP contribution >= 0.6 is 15.9 Å². The lowest BCUT2D eigenvalue weighted by molar-refractivity contribution is -0.119. The zero-order valence-corrected chi connectivity index (χ0v) is 10.6. The van der Waals surface area contributed by atoms with Gasteiger partial charge in [0.15, 0.2) is 0 Å². The zero-order valence-electron chi connectivity index (χ0n) is 8.98. The molecule has 6 heteroatoms. The first kappa shape index (κ1) is 12.6. The molecule has 0 aliphatic rings. The van der Waals surface area contributed by atoms with Gasteiger partial charge in [0.1, 0.15) is 5.82 Å². The maximum Gasteiger partial charge on any atom is 0.239 e. The van der Waals surface area contributed by atoms with Crippen LogP contribution in [0.1, 0.15) is 0 Å². The minimum Gasteiger partial charge on any atom is -0.350 e. The van der Waals surface area contributed by atoms with Gasteiger partial charge in [-0.1, -0.05) is 22.5 Å². The van der Waals surface area contributed by atoms with Crippen LogP contribution in [0, 0.1) is 0 Å². The lowest BCUT2D eigenvalue weighted by Crippen LogP contribution is -2.36. The average Bonchev–Trinajstić information content (AvgIpc) is 2.27. The van der Waals surface area contributed by atoms with Crippen molar-refractivity contribution in [1.29, 1.82) is 0 Å². The molecule has 86 valence electrons. The summed E-state index contributed by atoms with van der Waals surface area (Å²) in [5.74, 6) is 0.573. The molecule has 1 N–H and O–H groups in total. The van der Waals surface area contributed by atoms with Crippen molar-refractivity contribution in [3.05, 3.63) is 29.7 Å². The average molecular weight is 285 g/mol. The Labute approximate surface area is 103 Å². The van der Waals surface area contributed by atoms with Crippen molar-refractivity contribution in [2.24, 2.45) is 0 Å². The summed E-state index contributed by atoms with van der Waals surface area (Å²) in [5, 5.41) is 2.71. The van der Waals surface area contributed by atoms with Crippen LogP contribution in [0.3, 0.4) is 0 Å². The van der Waals surface area contributed by atoms with Crippen molar-refractivity contribution in [3.8, 4) is 0 Å². The van der Waals surface area contributed by atoms with E-state index >= 15 is 0 Å². The maximum absolute atomic E-state index is 11.5. The number of hydrogen-bond donors (Lipinski definition) is 1. The van der Waals surface area contributed by atoms with E-state index in [0.29, 0.717) is 12.4 Å². The standard InChI is InChI=1S/C10H13BrN4O/c1-8(11)5-14-10(16)7-15(2)9-6-12-3-4-13-9/h3-4,6H,1,5,7H2,2H3,(H,14,16). The van der Waals surface area contributed by atoms with Gasteiger partial charge >= 0.3 is 0 Å². The van der Waals surface area contributed by atoms with Crippen LogP contribution in [0.15, 0.2) is 29.7 Å². The Morgan fingerprint density at radius 3 is 2.94 bits per heavy atom. The quantitative estimate of drug-likeness (QED) is 0.874. The Kier molecular flexibility index (Phi) is 4.91. The summed E-state index contributed by atoms with van der Waals surface area (Å²) >= 11 is 3.17. The number of carbonyl (C=O) groups is 1. The lowest BCUT2D eigenvalue weighted by atomic mass is 10.4. The molecule has 1 heterocycles. The highest BCUT2D eigenvalue weighted by Gasteiger charge is 2.07. The normalized spacial score (nSPS) is 9.62. The summed E-state index contributed by atoms with van der Waals surface area (Å²) in [5.41, 5.74) is 0. The molecule has 0 radical (unpaired) electrons. The van der Waals surface area contributed by atoms with Crippen LogP contribution in [0.2, 0.25) is 0 Å². The van der Waals surface area contributed by atoms with Gasteiger partial charge in [-0.2, -0.15) is 0 Å². The molecule has 0 fully saturated rings. The number of likely N-dealkylation sites (N-methyl/N-ethyl adjacent to an activating group) is 1. The second-order valence-corrected chi connectivity index (χ2v) is 4.34. The largest absolute Gasteiger partial charge is 0.350 e. The van der Waals surface area contributed by atoms with E-state index in [1.807, 2.05) is 0 Å². The topological polar surface area (TPSA) is 58.1 Å². The highest BCUT2D eigenvalue weighted by atomic mass is 79.9. The fraction of sp³-hybridized carbons (Fsp3) is 0.300. The van der Waals surface area contributed by atoms with Crippen molar-refractivity contribution in [3.63, 3.8) is 0 Å². The third-order valence-corrected chi connectivity index (χ3v) is 2.08. The highest BCUT2D eigenvalue weighted by Crippen LogP contribution is 2.03. The molecule has 0 aromatic carbocycles. The molecule has 0 bridgehead atoms. The Hall–Kier alpha value is -1.43.